The van der Waals surface area contributed by atoms with Crippen LogP contribution < -0.4 is 11.1 Å². The Bertz CT molecular complexity index is 858. The number of carbonyl (C=O) groups excluding carboxylic acids is 1. The van der Waals surface area contributed by atoms with Crippen LogP contribution in [0.2, 0.25) is 0 Å². The van der Waals surface area contributed by atoms with Crippen molar-refractivity contribution in [3.63, 3.8) is 0 Å². The zero-order valence-corrected chi connectivity index (χ0v) is 12.9. The Kier molecular flexibility index (Phi) is 4.71. The highest BCUT2D eigenvalue weighted by atomic mass is 16.5. The van der Waals surface area contributed by atoms with Crippen molar-refractivity contribution in [3.8, 4) is 0 Å². The lowest BCUT2D eigenvalue weighted by molar-refractivity contribution is 0.141. The Balaban J connectivity index is 1.50. The van der Waals surface area contributed by atoms with E-state index in [-0.39, 0.29) is 6.61 Å². The number of amides is 1. The Morgan fingerprint density at radius 3 is 2.96 bits per heavy atom. The van der Waals surface area contributed by atoms with Crippen LogP contribution in [-0.2, 0) is 11.3 Å². The van der Waals surface area contributed by atoms with Crippen molar-refractivity contribution in [2.75, 3.05) is 12.3 Å². The van der Waals surface area contributed by atoms with E-state index in [1.165, 1.54) is 6.33 Å². The average Bonchev–Trinajstić information content (AvgIpc) is 3.02. The fourth-order valence-electron chi connectivity index (χ4n) is 2.25. The predicted octanol–water partition coefficient (Wildman–Crippen LogP) is 2.48. The number of fused-ring (bicyclic) bond motifs is 1. The summed E-state index contributed by atoms with van der Waals surface area (Å²) in [7, 11) is 0. The van der Waals surface area contributed by atoms with Crippen LogP contribution in [0.15, 0.2) is 48.9 Å². The van der Waals surface area contributed by atoms with Crippen molar-refractivity contribution < 1.29 is 9.53 Å². The SMILES string of the molecule is Nc1ncnc2[nH]cc(C=CCNC(=O)OCc3ccccc3)c12. The molecule has 0 aliphatic carbocycles. The number of H-pyrrole nitrogens is 1. The molecule has 3 aromatic rings. The van der Waals surface area contributed by atoms with Crippen molar-refractivity contribution in [2.24, 2.45) is 0 Å². The lowest BCUT2D eigenvalue weighted by atomic mass is 10.2. The predicted molar refractivity (Wildman–Crippen MR) is 92.0 cm³/mol. The number of nitrogens with two attached hydrogens (primary N) is 1. The van der Waals surface area contributed by atoms with E-state index >= 15 is 0 Å². The van der Waals surface area contributed by atoms with Crippen LogP contribution in [0.25, 0.3) is 17.1 Å². The highest BCUT2D eigenvalue weighted by molar-refractivity contribution is 5.94. The van der Waals surface area contributed by atoms with Gasteiger partial charge < -0.3 is 20.8 Å². The molecule has 7 heteroatoms. The van der Waals surface area contributed by atoms with Gasteiger partial charge in [0.1, 0.15) is 24.4 Å². The molecule has 0 bridgehead atoms. The molecule has 1 amide bonds. The standard InChI is InChI=1S/C17H17N5O2/c18-15-14-13(9-20-16(14)22-11-21-15)7-4-8-19-17(23)24-10-12-5-2-1-3-6-12/h1-7,9,11H,8,10H2,(H,19,23)(H3,18,20,21,22). The van der Waals surface area contributed by atoms with E-state index in [1.54, 1.807) is 12.3 Å². The third-order valence-corrected chi connectivity index (χ3v) is 3.40. The molecule has 0 saturated heterocycles. The Hall–Kier alpha value is -3.35. The van der Waals surface area contributed by atoms with E-state index < -0.39 is 6.09 Å². The first-order chi connectivity index (χ1) is 11.7. The first kappa shape index (κ1) is 15.5. The quantitative estimate of drug-likeness (QED) is 0.669. The van der Waals surface area contributed by atoms with Crippen molar-refractivity contribution in [3.05, 3.63) is 60.1 Å². The fraction of sp³-hybridized carbons (Fsp3) is 0.118. The number of nitrogens with zero attached hydrogens (tertiary/aromatic N) is 2. The summed E-state index contributed by atoms with van der Waals surface area (Å²) in [4.78, 5) is 22.7. The van der Waals surface area contributed by atoms with Crippen molar-refractivity contribution in [1.29, 1.82) is 0 Å². The number of aromatic amines is 1. The summed E-state index contributed by atoms with van der Waals surface area (Å²) in [6.07, 6.45) is 6.38. The van der Waals surface area contributed by atoms with Gasteiger partial charge in [-0.15, -0.1) is 0 Å². The van der Waals surface area contributed by atoms with Gasteiger partial charge in [0, 0.05) is 18.3 Å². The zero-order chi connectivity index (χ0) is 16.8. The van der Waals surface area contributed by atoms with Crippen LogP contribution >= 0.6 is 0 Å². The molecule has 0 unspecified atom stereocenters. The molecule has 2 aromatic heterocycles. The Morgan fingerprint density at radius 1 is 1.29 bits per heavy atom. The first-order valence-electron chi connectivity index (χ1n) is 7.42. The molecule has 0 aliphatic heterocycles. The van der Waals surface area contributed by atoms with Gasteiger partial charge in [0.2, 0.25) is 0 Å². The molecular formula is C17H17N5O2. The van der Waals surface area contributed by atoms with Crippen molar-refractivity contribution in [2.45, 2.75) is 6.61 Å². The highest BCUT2D eigenvalue weighted by Crippen LogP contribution is 2.21. The normalized spacial score (nSPS) is 11.0. The van der Waals surface area contributed by atoms with Crippen LogP contribution in [0.5, 0.6) is 0 Å². The molecule has 0 radical (unpaired) electrons. The molecule has 0 fully saturated rings. The number of hydrogen-bond donors (Lipinski definition) is 3. The molecule has 3 rings (SSSR count). The third kappa shape index (κ3) is 3.70. The molecule has 0 atom stereocenters. The number of hydrogen-bond acceptors (Lipinski definition) is 5. The lowest BCUT2D eigenvalue weighted by Crippen LogP contribution is -2.24. The molecule has 0 saturated carbocycles. The number of benzene rings is 1. The second-order valence-electron chi connectivity index (χ2n) is 5.07. The Labute approximate surface area is 138 Å². The molecule has 4 N–H and O–H groups in total. The summed E-state index contributed by atoms with van der Waals surface area (Å²) in [5.41, 5.74) is 8.34. The number of anilines is 1. The average molecular weight is 323 g/mol. The van der Waals surface area contributed by atoms with Crippen LogP contribution in [-0.4, -0.2) is 27.6 Å². The number of rotatable bonds is 5. The van der Waals surface area contributed by atoms with Gasteiger partial charge in [0.25, 0.3) is 0 Å². The summed E-state index contributed by atoms with van der Waals surface area (Å²) < 4.78 is 5.12. The van der Waals surface area contributed by atoms with Gasteiger partial charge in [-0.3, -0.25) is 0 Å². The second-order valence-corrected chi connectivity index (χ2v) is 5.07. The van der Waals surface area contributed by atoms with Gasteiger partial charge >= 0.3 is 6.09 Å². The van der Waals surface area contributed by atoms with Gasteiger partial charge in [-0.1, -0.05) is 42.5 Å². The van der Waals surface area contributed by atoms with Gasteiger partial charge in [-0.25, -0.2) is 14.8 Å². The summed E-state index contributed by atoms with van der Waals surface area (Å²) in [5, 5.41) is 3.42. The summed E-state index contributed by atoms with van der Waals surface area (Å²) in [6, 6.07) is 9.51. The lowest BCUT2D eigenvalue weighted by Gasteiger charge is -2.05. The topological polar surface area (TPSA) is 106 Å². The minimum Gasteiger partial charge on any atom is -0.445 e. The van der Waals surface area contributed by atoms with E-state index in [0.717, 1.165) is 16.5 Å². The fourth-order valence-corrected chi connectivity index (χ4v) is 2.25. The number of alkyl carbamates (subject to hydrolysis) is 1. The molecule has 7 nitrogen and oxygen atoms in total. The molecule has 0 spiro atoms. The number of nitrogens with one attached hydrogen (secondary N) is 2. The van der Waals surface area contributed by atoms with Crippen LogP contribution in [0.1, 0.15) is 11.1 Å². The van der Waals surface area contributed by atoms with Crippen molar-refractivity contribution >= 4 is 29.0 Å². The van der Waals surface area contributed by atoms with E-state index in [1.807, 2.05) is 36.4 Å². The largest absolute Gasteiger partial charge is 0.445 e. The van der Waals surface area contributed by atoms with Crippen molar-refractivity contribution in [1.82, 2.24) is 20.3 Å². The maximum absolute atomic E-state index is 11.6. The summed E-state index contributed by atoms with van der Waals surface area (Å²) >= 11 is 0. The van der Waals surface area contributed by atoms with Gasteiger partial charge in [0.15, 0.2) is 0 Å². The summed E-state index contributed by atoms with van der Waals surface area (Å²) in [5.74, 6) is 0.413. The maximum atomic E-state index is 11.6. The monoisotopic (exact) mass is 323 g/mol. The summed E-state index contributed by atoms with van der Waals surface area (Å²) in [6.45, 7) is 0.584. The van der Waals surface area contributed by atoms with E-state index in [9.17, 15) is 4.79 Å². The third-order valence-electron chi connectivity index (χ3n) is 3.40. The minimum atomic E-state index is -0.467. The van der Waals surface area contributed by atoms with E-state index in [4.69, 9.17) is 10.5 Å². The number of aromatic nitrogens is 3. The second kappa shape index (κ2) is 7.28. The molecule has 1 aromatic carbocycles. The van der Waals surface area contributed by atoms with E-state index in [2.05, 4.69) is 20.3 Å². The van der Waals surface area contributed by atoms with E-state index in [0.29, 0.717) is 18.0 Å². The van der Waals surface area contributed by atoms with Gasteiger partial charge in [0.05, 0.1) is 5.39 Å². The van der Waals surface area contributed by atoms with Gasteiger partial charge in [-0.05, 0) is 5.56 Å². The minimum absolute atomic E-state index is 0.243. The molecule has 24 heavy (non-hydrogen) atoms. The maximum Gasteiger partial charge on any atom is 0.407 e. The first-order valence-corrected chi connectivity index (χ1v) is 7.42. The number of ether oxygens (including phenoxy) is 1. The molecule has 0 aliphatic rings. The molecular weight excluding hydrogens is 306 g/mol. The highest BCUT2D eigenvalue weighted by Gasteiger charge is 2.06. The van der Waals surface area contributed by atoms with Crippen LogP contribution in [0, 0.1) is 0 Å². The zero-order valence-electron chi connectivity index (χ0n) is 12.9. The van der Waals surface area contributed by atoms with Gasteiger partial charge in [-0.2, -0.15) is 0 Å². The number of nitrogen functional groups attached to an aromatic ring is 1. The Morgan fingerprint density at radius 2 is 2.12 bits per heavy atom. The van der Waals surface area contributed by atoms with Crippen LogP contribution in [0.4, 0.5) is 10.6 Å². The smallest absolute Gasteiger partial charge is 0.407 e. The molecule has 2 heterocycles. The van der Waals surface area contributed by atoms with Crippen LogP contribution in [0.3, 0.4) is 0 Å². The molecule has 122 valence electrons. The number of carbonyl (C=O) groups is 1.